The van der Waals surface area contributed by atoms with E-state index < -0.39 is 0 Å². The number of carbonyl (C=O) groups excluding carboxylic acids is 1. The zero-order chi connectivity index (χ0) is 14.5. The summed E-state index contributed by atoms with van der Waals surface area (Å²) in [6.45, 7) is 0.955. The Morgan fingerprint density at radius 3 is 3.05 bits per heavy atom. The van der Waals surface area contributed by atoms with E-state index in [0.29, 0.717) is 11.9 Å². The third kappa shape index (κ3) is 4.20. The standard InChI is InChI=1S/C16H23NOS3/c18-16(8-2-1-5-13-9-12-20-21-13)17-10-3-6-14(17)15-7-4-11-19-15/h4,7,11,13-14H,1-3,5-6,8-10,12H2. The van der Waals surface area contributed by atoms with E-state index in [2.05, 4.69) is 22.4 Å². The van der Waals surface area contributed by atoms with Crippen LogP contribution >= 0.6 is 32.9 Å². The lowest BCUT2D eigenvalue weighted by molar-refractivity contribution is -0.132. The Balaban J connectivity index is 1.42. The summed E-state index contributed by atoms with van der Waals surface area (Å²) >= 11 is 1.79. The number of unbranched alkanes of at least 4 members (excludes halogenated alkanes) is 1. The molecule has 0 aliphatic carbocycles. The molecule has 1 aromatic heterocycles. The summed E-state index contributed by atoms with van der Waals surface area (Å²) in [6, 6.07) is 4.63. The van der Waals surface area contributed by atoms with Gasteiger partial charge in [-0.05, 0) is 43.6 Å². The van der Waals surface area contributed by atoms with Gasteiger partial charge in [-0.2, -0.15) is 0 Å². The fraction of sp³-hybridized carbons (Fsp3) is 0.688. The van der Waals surface area contributed by atoms with E-state index >= 15 is 0 Å². The Kier molecular flexibility index (Phi) is 5.95. The predicted octanol–water partition coefficient (Wildman–Crippen LogP) is 5.13. The molecule has 116 valence electrons. The molecule has 2 nitrogen and oxygen atoms in total. The Labute approximate surface area is 139 Å². The Morgan fingerprint density at radius 2 is 2.29 bits per heavy atom. The smallest absolute Gasteiger partial charge is 0.223 e. The van der Waals surface area contributed by atoms with Crippen molar-refractivity contribution in [3.63, 3.8) is 0 Å². The van der Waals surface area contributed by atoms with Gasteiger partial charge in [-0.1, -0.05) is 34.1 Å². The molecule has 5 heteroatoms. The van der Waals surface area contributed by atoms with Crippen LogP contribution in [0.2, 0.25) is 0 Å². The largest absolute Gasteiger partial charge is 0.335 e. The minimum atomic E-state index is 0.360. The van der Waals surface area contributed by atoms with Gasteiger partial charge in [0.1, 0.15) is 0 Å². The quantitative estimate of drug-likeness (QED) is 0.529. The molecule has 0 radical (unpaired) electrons. The molecular weight excluding hydrogens is 318 g/mol. The highest BCUT2D eigenvalue weighted by Gasteiger charge is 2.30. The van der Waals surface area contributed by atoms with Crippen LogP contribution in [0, 0.1) is 0 Å². The van der Waals surface area contributed by atoms with Gasteiger partial charge in [0, 0.05) is 28.8 Å². The molecule has 2 unspecified atom stereocenters. The monoisotopic (exact) mass is 341 g/mol. The number of amides is 1. The Bertz CT molecular complexity index is 442. The lowest BCUT2D eigenvalue weighted by atomic mass is 10.1. The molecule has 0 saturated carbocycles. The summed E-state index contributed by atoms with van der Waals surface area (Å²) in [4.78, 5) is 16.0. The zero-order valence-electron chi connectivity index (χ0n) is 12.3. The molecule has 2 atom stereocenters. The molecule has 2 saturated heterocycles. The number of hydrogen-bond acceptors (Lipinski definition) is 4. The third-order valence-corrected chi connectivity index (χ3v) is 8.32. The maximum Gasteiger partial charge on any atom is 0.223 e. The molecule has 3 rings (SSSR count). The lowest BCUT2D eigenvalue weighted by Gasteiger charge is -2.24. The van der Waals surface area contributed by atoms with Gasteiger partial charge < -0.3 is 4.90 Å². The zero-order valence-corrected chi connectivity index (χ0v) is 14.8. The van der Waals surface area contributed by atoms with Crippen LogP contribution in [0.5, 0.6) is 0 Å². The van der Waals surface area contributed by atoms with Gasteiger partial charge in [-0.25, -0.2) is 0 Å². The number of likely N-dealkylation sites (tertiary alicyclic amines) is 1. The second-order valence-corrected chi connectivity index (χ2v) is 9.60. The van der Waals surface area contributed by atoms with Crippen molar-refractivity contribution < 1.29 is 4.79 Å². The van der Waals surface area contributed by atoms with Gasteiger partial charge in [0.05, 0.1) is 6.04 Å². The highest BCUT2D eigenvalue weighted by Crippen LogP contribution is 2.40. The van der Waals surface area contributed by atoms with Gasteiger partial charge in [0.2, 0.25) is 5.91 Å². The van der Waals surface area contributed by atoms with Crippen molar-refractivity contribution in [2.75, 3.05) is 12.3 Å². The van der Waals surface area contributed by atoms with Gasteiger partial charge in [-0.3, -0.25) is 4.79 Å². The topological polar surface area (TPSA) is 20.3 Å². The molecular formula is C16H23NOS3. The number of rotatable bonds is 6. The van der Waals surface area contributed by atoms with Gasteiger partial charge >= 0.3 is 0 Å². The van der Waals surface area contributed by atoms with Crippen molar-refractivity contribution in [3.8, 4) is 0 Å². The van der Waals surface area contributed by atoms with Crippen molar-refractivity contribution >= 4 is 38.8 Å². The Hall–Kier alpha value is -0.130. The first kappa shape index (κ1) is 15.8. The molecule has 2 aliphatic rings. The molecule has 1 amide bonds. The van der Waals surface area contributed by atoms with Crippen molar-refractivity contribution in [2.24, 2.45) is 0 Å². The molecule has 1 aromatic rings. The van der Waals surface area contributed by atoms with Crippen LogP contribution in [0.1, 0.15) is 55.9 Å². The van der Waals surface area contributed by atoms with Gasteiger partial charge in [0.25, 0.3) is 0 Å². The maximum absolute atomic E-state index is 12.5. The van der Waals surface area contributed by atoms with E-state index in [0.717, 1.165) is 37.5 Å². The average Bonchev–Trinajstić information content (AvgIpc) is 3.24. The SMILES string of the molecule is O=C(CCCCC1CCSS1)N1CCCC1c1cccs1. The number of nitrogens with zero attached hydrogens (tertiary/aromatic N) is 1. The fourth-order valence-corrected chi connectivity index (χ4v) is 7.10. The average molecular weight is 342 g/mol. The second-order valence-electron chi connectivity index (χ2n) is 5.84. The molecule has 0 bridgehead atoms. The predicted molar refractivity (Wildman–Crippen MR) is 94.9 cm³/mol. The maximum atomic E-state index is 12.5. The first-order valence-electron chi connectivity index (χ1n) is 7.96. The lowest BCUT2D eigenvalue weighted by Crippen LogP contribution is -2.29. The van der Waals surface area contributed by atoms with Crippen molar-refractivity contribution in [1.82, 2.24) is 4.90 Å². The van der Waals surface area contributed by atoms with Crippen LogP contribution in [-0.4, -0.2) is 28.4 Å². The van der Waals surface area contributed by atoms with Gasteiger partial charge in [0.15, 0.2) is 0 Å². The van der Waals surface area contributed by atoms with Crippen LogP contribution in [0.15, 0.2) is 17.5 Å². The normalized spacial score (nSPS) is 25.6. The molecule has 0 N–H and O–H groups in total. The van der Waals surface area contributed by atoms with Gasteiger partial charge in [-0.15, -0.1) is 11.3 Å². The third-order valence-electron chi connectivity index (χ3n) is 4.34. The number of thiophene rings is 1. The fourth-order valence-electron chi connectivity index (χ4n) is 3.20. The summed E-state index contributed by atoms with van der Waals surface area (Å²) in [6.07, 6.45) is 7.96. The molecule has 0 aromatic carbocycles. The summed E-state index contributed by atoms with van der Waals surface area (Å²) in [5, 5.41) is 2.96. The molecule has 21 heavy (non-hydrogen) atoms. The Morgan fingerprint density at radius 1 is 1.33 bits per heavy atom. The first-order valence-corrected chi connectivity index (χ1v) is 11.2. The second kappa shape index (κ2) is 7.93. The molecule has 2 fully saturated rings. The highest BCUT2D eigenvalue weighted by atomic mass is 33.1. The van der Waals surface area contributed by atoms with Crippen LogP contribution in [0.3, 0.4) is 0 Å². The summed E-state index contributed by atoms with van der Waals surface area (Å²) in [7, 11) is 4.06. The van der Waals surface area contributed by atoms with Crippen LogP contribution in [0.25, 0.3) is 0 Å². The van der Waals surface area contributed by atoms with E-state index in [1.165, 1.54) is 29.9 Å². The van der Waals surface area contributed by atoms with Crippen LogP contribution in [0.4, 0.5) is 0 Å². The summed E-state index contributed by atoms with van der Waals surface area (Å²) < 4.78 is 0. The molecule has 3 heterocycles. The van der Waals surface area contributed by atoms with E-state index in [4.69, 9.17) is 0 Å². The summed E-state index contributed by atoms with van der Waals surface area (Å²) in [5.74, 6) is 1.68. The minimum Gasteiger partial charge on any atom is -0.335 e. The van der Waals surface area contributed by atoms with Crippen molar-refractivity contribution in [3.05, 3.63) is 22.4 Å². The van der Waals surface area contributed by atoms with Crippen molar-refractivity contribution in [2.45, 2.75) is 56.2 Å². The van der Waals surface area contributed by atoms with Crippen LogP contribution in [-0.2, 0) is 4.79 Å². The van der Waals surface area contributed by atoms with E-state index in [9.17, 15) is 4.79 Å². The first-order chi connectivity index (χ1) is 10.3. The number of carbonyl (C=O) groups is 1. The van der Waals surface area contributed by atoms with Crippen molar-refractivity contribution in [1.29, 1.82) is 0 Å². The molecule has 2 aliphatic heterocycles. The minimum absolute atomic E-state index is 0.360. The molecule has 0 spiro atoms. The summed E-state index contributed by atoms with van der Waals surface area (Å²) in [5.41, 5.74) is 0. The van der Waals surface area contributed by atoms with E-state index in [1.54, 1.807) is 11.3 Å². The van der Waals surface area contributed by atoms with E-state index in [-0.39, 0.29) is 0 Å². The van der Waals surface area contributed by atoms with Crippen LogP contribution < -0.4 is 0 Å². The number of hydrogen-bond donors (Lipinski definition) is 0. The van der Waals surface area contributed by atoms with E-state index in [1.807, 2.05) is 21.6 Å². The highest BCUT2D eigenvalue weighted by molar-refractivity contribution is 8.77.